The Hall–Kier alpha value is -0.520. The van der Waals surface area contributed by atoms with E-state index in [1.807, 2.05) is 24.4 Å². The first-order valence-electron chi connectivity index (χ1n) is 4.84. The Morgan fingerprint density at radius 1 is 1.60 bits per heavy atom. The van der Waals surface area contributed by atoms with Gasteiger partial charge in [0.15, 0.2) is 0 Å². The van der Waals surface area contributed by atoms with Crippen LogP contribution in [0, 0.1) is 0 Å². The fraction of sp³-hybridized carbons (Fsp3) is 0.500. The molecule has 1 aliphatic rings. The largest absolute Gasteiger partial charge is 0.395 e. The van der Waals surface area contributed by atoms with Crippen LogP contribution in [0.5, 0.6) is 0 Å². The molecule has 2 rings (SSSR count). The van der Waals surface area contributed by atoms with Crippen molar-refractivity contribution < 1.29 is 9.90 Å². The van der Waals surface area contributed by atoms with E-state index in [9.17, 15) is 4.79 Å². The zero-order chi connectivity index (χ0) is 10.8. The Labute approximate surface area is 97.1 Å². The summed E-state index contributed by atoms with van der Waals surface area (Å²) < 4.78 is 0. The lowest BCUT2D eigenvalue weighted by atomic mass is 10.3. The summed E-state index contributed by atoms with van der Waals surface area (Å²) in [5, 5.41) is 11.1. The third-order valence-corrected chi connectivity index (χ3v) is 4.82. The highest BCUT2D eigenvalue weighted by atomic mass is 32.2. The fourth-order valence-corrected chi connectivity index (χ4v) is 3.92. The maximum Gasteiger partial charge on any atom is 0.236 e. The Balaban J connectivity index is 2.20. The first-order chi connectivity index (χ1) is 7.24. The van der Waals surface area contributed by atoms with Gasteiger partial charge in [-0.25, -0.2) is 0 Å². The average Bonchev–Trinajstić information content (AvgIpc) is 2.81. The highest BCUT2D eigenvalue weighted by molar-refractivity contribution is 8.01. The summed E-state index contributed by atoms with van der Waals surface area (Å²) in [7, 11) is 0. The van der Waals surface area contributed by atoms with E-state index in [-0.39, 0.29) is 23.1 Å². The molecule has 1 amide bonds. The molecular formula is C10H13NO2S2. The van der Waals surface area contributed by atoms with Gasteiger partial charge in [0.2, 0.25) is 5.91 Å². The van der Waals surface area contributed by atoms with E-state index in [2.05, 4.69) is 0 Å². The van der Waals surface area contributed by atoms with Gasteiger partial charge in [0.25, 0.3) is 0 Å². The predicted octanol–water partition coefficient (Wildman–Crippen LogP) is 1.70. The molecular weight excluding hydrogens is 230 g/mol. The van der Waals surface area contributed by atoms with Gasteiger partial charge < -0.3 is 10.0 Å². The van der Waals surface area contributed by atoms with Crippen molar-refractivity contribution in [1.29, 1.82) is 0 Å². The van der Waals surface area contributed by atoms with Crippen LogP contribution in [0.1, 0.15) is 17.2 Å². The van der Waals surface area contributed by atoms with Crippen molar-refractivity contribution >= 4 is 29.0 Å². The van der Waals surface area contributed by atoms with Crippen LogP contribution in [0.25, 0.3) is 0 Å². The molecule has 1 fully saturated rings. The number of aliphatic hydroxyl groups is 1. The number of carbonyl (C=O) groups excluding carboxylic acids is 1. The molecule has 0 saturated carbocycles. The van der Waals surface area contributed by atoms with Gasteiger partial charge in [-0.15, -0.1) is 23.1 Å². The van der Waals surface area contributed by atoms with Gasteiger partial charge in [-0.3, -0.25) is 4.79 Å². The summed E-state index contributed by atoms with van der Waals surface area (Å²) in [5.41, 5.74) is 0. The summed E-state index contributed by atoms with van der Waals surface area (Å²) in [6.45, 7) is 2.38. The molecule has 0 bridgehead atoms. The molecule has 15 heavy (non-hydrogen) atoms. The number of aliphatic hydroxyl groups excluding tert-OH is 1. The van der Waals surface area contributed by atoms with Crippen LogP contribution in [0.4, 0.5) is 0 Å². The lowest BCUT2D eigenvalue weighted by Gasteiger charge is -2.21. The molecule has 5 heteroatoms. The van der Waals surface area contributed by atoms with Crippen molar-refractivity contribution in [1.82, 2.24) is 4.90 Å². The van der Waals surface area contributed by atoms with Crippen molar-refractivity contribution in [2.75, 3.05) is 13.2 Å². The van der Waals surface area contributed by atoms with E-state index in [1.165, 1.54) is 4.88 Å². The normalized spacial score (nSPS) is 26.3. The van der Waals surface area contributed by atoms with E-state index in [1.54, 1.807) is 28.0 Å². The Bertz CT molecular complexity index is 339. The number of rotatable bonds is 3. The van der Waals surface area contributed by atoms with E-state index in [0.717, 1.165) is 0 Å². The molecule has 1 saturated heterocycles. The summed E-state index contributed by atoms with van der Waals surface area (Å²) in [5.74, 6) is 0.132. The molecule has 2 heterocycles. The smallest absolute Gasteiger partial charge is 0.236 e. The van der Waals surface area contributed by atoms with Crippen molar-refractivity contribution in [3.63, 3.8) is 0 Å². The van der Waals surface area contributed by atoms with Gasteiger partial charge >= 0.3 is 0 Å². The molecule has 3 nitrogen and oxygen atoms in total. The lowest BCUT2D eigenvalue weighted by Crippen LogP contribution is -2.32. The Kier molecular flexibility index (Phi) is 3.33. The van der Waals surface area contributed by atoms with Gasteiger partial charge in [0.05, 0.1) is 11.9 Å². The first kappa shape index (κ1) is 11.0. The number of thiophene rings is 1. The third-order valence-electron chi connectivity index (χ3n) is 2.37. The van der Waals surface area contributed by atoms with Gasteiger partial charge in [-0.2, -0.15) is 0 Å². The molecule has 1 aromatic rings. The van der Waals surface area contributed by atoms with Crippen LogP contribution in [0.2, 0.25) is 0 Å². The SMILES string of the molecule is C[C@@H]1S[C@H](c2cccs2)N(CCO)C1=O. The first-order valence-corrected chi connectivity index (χ1v) is 6.66. The van der Waals surface area contributed by atoms with Gasteiger partial charge in [-0.05, 0) is 18.4 Å². The fourth-order valence-electron chi connectivity index (χ4n) is 1.66. The highest BCUT2D eigenvalue weighted by Crippen LogP contribution is 2.43. The van der Waals surface area contributed by atoms with Crippen molar-refractivity contribution in [3.8, 4) is 0 Å². The van der Waals surface area contributed by atoms with Crippen molar-refractivity contribution in [2.24, 2.45) is 0 Å². The zero-order valence-electron chi connectivity index (χ0n) is 8.42. The lowest BCUT2D eigenvalue weighted by molar-refractivity contribution is -0.130. The van der Waals surface area contributed by atoms with E-state index in [0.29, 0.717) is 6.54 Å². The van der Waals surface area contributed by atoms with Crippen LogP contribution in [-0.2, 0) is 4.79 Å². The van der Waals surface area contributed by atoms with Crippen LogP contribution >= 0.6 is 23.1 Å². The second-order valence-corrected chi connectivity index (χ2v) is 5.81. The van der Waals surface area contributed by atoms with E-state index in [4.69, 9.17) is 5.11 Å². The Morgan fingerprint density at radius 2 is 2.40 bits per heavy atom. The van der Waals surface area contributed by atoms with Gasteiger partial charge in [0, 0.05) is 11.4 Å². The molecule has 82 valence electrons. The number of hydrogen-bond acceptors (Lipinski definition) is 4. The molecule has 2 atom stereocenters. The third kappa shape index (κ3) is 2.04. The van der Waals surface area contributed by atoms with Crippen molar-refractivity contribution in [3.05, 3.63) is 22.4 Å². The summed E-state index contributed by atoms with van der Waals surface area (Å²) in [6, 6.07) is 4.03. The minimum absolute atomic E-state index is 0.00338. The number of β-amino-alcohol motifs (C(OH)–C–C–N with tert-alkyl or cyclic N) is 1. The molecule has 0 unspecified atom stereocenters. The number of thioether (sulfide) groups is 1. The summed E-state index contributed by atoms with van der Waals surface area (Å²) in [4.78, 5) is 14.8. The molecule has 0 aromatic carbocycles. The predicted molar refractivity (Wildman–Crippen MR) is 62.9 cm³/mol. The quantitative estimate of drug-likeness (QED) is 0.878. The maximum absolute atomic E-state index is 11.8. The molecule has 1 N–H and O–H groups in total. The van der Waals surface area contributed by atoms with E-state index < -0.39 is 0 Å². The van der Waals surface area contributed by atoms with Crippen LogP contribution in [-0.4, -0.2) is 34.3 Å². The Morgan fingerprint density at radius 3 is 3.00 bits per heavy atom. The summed E-state index contributed by atoms with van der Waals surface area (Å²) in [6.07, 6.45) is 0. The number of carbonyl (C=O) groups is 1. The second-order valence-electron chi connectivity index (χ2n) is 3.40. The van der Waals surface area contributed by atoms with Gasteiger partial charge in [-0.1, -0.05) is 6.07 Å². The number of nitrogens with zero attached hydrogens (tertiary/aromatic N) is 1. The highest BCUT2D eigenvalue weighted by Gasteiger charge is 2.38. The molecule has 1 aromatic heterocycles. The van der Waals surface area contributed by atoms with Crippen molar-refractivity contribution in [2.45, 2.75) is 17.5 Å². The topological polar surface area (TPSA) is 40.5 Å². The summed E-state index contributed by atoms with van der Waals surface area (Å²) >= 11 is 3.31. The van der Waals surface area contributed by atoms with Crippen LogP contribution in [0.3, 0.4) is 0 Å². The minimum atomic E-state index is 0.00338. The monoisotopic (exact) mass is 243 g/mol. The minimum Gasteiger partial charge on any atom is -0.395 e. The number of amides is 1. The molecule has 0 aliphatic carbocycles. The van der Waals surface area contributed by atoms with E-state index >= 15 is 0 Å². The van der Waals surface area contributed by atoms with Crippen LogP contribution in [0.15, 0.2) is 17.5 Å². The molecule has 1 aliphatic heterocycles. The molecule has 0 spiro atoms. The maximum atomic E-state index is 11.8. The second kappa shape index (κ2) is 4.55. The standard InChI is InChI=1S/C10H13NO2S2/c1-7-9(13)11(4-5-12)10(15-7)8-3-2-6-14-8/h2-3,6-7,10,12H,4-5H2,1H3/t7-,10+/m0/s1. The molecule has 0 radical (unpaired) electrons. The zero-order valence-corrected chi connectivity index (χ0v) is 10.1. The van der Waals surface area contributed by atoms with Gasteiger partial charge in [0.1, 0.15) is 5.37 Å². The average molecular weight is 243 g/mol. The number of hydrogen-bond donors (Lipinski definition) is 1. The van der Waals surface area contributed by atoms with Crippen LogP contribution < -0.4 is 0 Å².